The number of esters is 2. The van der Waals surface area contributed by atoms with Gasteiger partial charge in [-0.3, -0.25) is 9.59 Å². The molecule has 0 aromatic rings. The zero-order valence-electron chi connectivity index (χ0n) is 29.7. The Bertz CT molecular complexity index is 632. The van der Waals surface area contributed by atoms with Crippen LogP contribution in [-0.4, -0.2) is 37.9 Å². The van der Waals surface area contributed by atoms with Gasteiger partial charge in [-0.2, -0.15) is 0 Å². The summed E-state index contributed by atoms with van der Waals surface area (Å²) < 4.78 is 17.0. The number of hydrogen-bond acceptors (Lipinski definition) is 5. The van der Waals surface area contributed by atoms with Crippen molar-refractivity contribution in [2.45, 2.75) is 207 Å². The third kappa shape index (κ3) is 33.5. The SMILES string of the molecule is CCCCCCCC/C=C\CCCCCCCC(=O)OCC(COCCCCCCCCCC)OC(=O)CCCCCCC. The first-order valence-corrected chi connectivity index (χ1v) is 19.2. The maximum atomic E-state index is 12.4. The fourth-order valence-electron chi connectivity index (χ4n) is 5.38. The lowest BCUT2D eigenvalue weighted by Crippen LogP contribution is -2.30. The van der Waals surface area contributed by atoms with E-state index in [-0.39, 0.29) is 18.5 Å². The summed E-state index contributed by atoms with van der Waals surface area (Å²) in [6.45, 7) is 7.73. The van der Waals surface area contributed by atoms with E-state index in [0.29, 0.717) is 26.1 Å². The quantitative estimate of drug-likeness (QED) is 0.0400. The van der Waals surface area contributed by atoms with Gasteiger partial charge in [0.1, 0.15) is 6.61 Å². The minimum Gasteiger partial charge on any atom is -0.462 e. The molecule has 0 saturated heterocycles. The Morgan fingerprint density at radius 2 is 0.886 bits per heavy atom. The molecule has 0 amide bonds. The largest absolute Gasteiger partial charge is 0.462 e. The molecule has 0 aromatic carbocycles. The summed E-state index contributed by atoms with van der Waals surface area (Å²) in [6, 6.07) is 0. The first kappa shape index (κ1) is 42.6. The first-order valence-electron chi connectivity index (χ1n) is 19.2. The molecule has 1 unspecified atom stereocenters. The highest BCUT2D eigenvalue weighted by Crippen LogP contribution is 2.12. The second-order valence-electron chi connectivity index (χ2n) is 12.8. The molecule has 0 aliphatic carbocycles. The van der Waals surface area contributed by atoms with Crippen LogP contribution in [-0.2, 0) is 23.8 Å². The van der Waals surface area contributed by atoms with Crippen molar-refractivity contribution in [2.75, 3.05) is 19.8 Å². The van der Waals surface area contributed by atoms with Gasteiger partial charge in [0.05, 0.1) is 6.61 Å². The van der Waals surface area contributed by atoms with Gasteiger partial charge in [0.15, 0.2) is 6.10 Å². The standard InChI is InChI=1S/C39H74O5/c1-4-7-10-13-15-17-18-19-20-21-22-23-24-27-29-32-38(40)43-36-37(44-39(41)33-30-26-12-9-6-3)35-42-34-31-28-25-16-14-11-8-5-2/h19-20,37H,4-18,21-36H2,1-3H3/b20-19-. The molecule has 0 N–H and O–H groups in total. The highest BCUT2D eigenvalue weighted by atomic mass is 16.6. The Kier molecular flexibility index (Phi) is 35.0. The number of unbranched alkanes of at least 4 members (excludes halogenated alkanes) is 22. The number of hydrogen-bond donors (Lipinski definition) is 0. The summed E-state index contributed by atoms with van der Waals surface area (Å²) in [5, 5.41) is 0. The van der Waals surface area contributed by atoms with Gasteiger partial charge >= 0.3 is 11.9 Å². The van der Waals surface area contributed by atoms with Crippen LogP contribution >= 0.6 is 0 Å². The van der Waals surface area contributed by atoms with E-state index in [0.717, 1.165) is 51.4 Å². The Morgan fingerprint density at radius 1 is 0.477 bits per heavy atom. The maximum Gasteiger partial charge on any atom is 0.306 e. The van der Waals surface area contributed by atoms with Gasteiger partial charge in [0, 0.05) is 19.4 Å². The number of ether oxygens (including phenoxy) is 3. The second-order valence-corrected chi connectivity index (χ2v) is 12.8. The van der Waals surface area contributed by atoms with E-state index in [1.54, 1.807) is 0 Å². The number of rotatable bonds is 35. The lowest BCUT2D eigenvalue weighted by molar-refractivity contribution is -0.163. The summed E-state index contributed by atoms with van der Waals surface area (Å²) in [6.07, 6.45) is 36.5. The smallest absolute Gasteiger partial charge is 0.306 e. The van der Waals surface area contributed by atoms with E-state index in [2.05, 4.69) is 32.9 Å². The van der Waals surface area contributed by atoms with Crippen molar-refractivity contribution in [3.05, 3.63) is 12.2 Å². The zero-order valence-corrected chi connectivity index (χ0v) is 29.7. The molecule has 0 radical (unpaired) electrons. The van der Waals surface area contributed by atoms with Crippen molar-refractivity contribution >= 4 is 11.9 Å². The molecule has 0 saturated carbocycles. The van der Waals surface area contributed by atoms with Crippen molar-refractivity contribution in [1.29, 1.82) is 0 Å². The van der Waals surface area contributed by atoms with Crippen LogP contribution in [0.1, 0.15) is 201 Å². The highest BCUT2D eigenvalue weighted by Gasteiger charge is 2.17. The van der Waals surface area contributed by atoms with E-state index in [4.69, 9.17) is 14.2 Å². The molecule has 0 spiro atoms. The van der Waals surface area contributed by atoms with Crippen molar-refractivity contribution in [3.63, 3.8) is 0 Å². The van der Waals surface area contributed by atoms with Gasteiger partial charge in [-0.05, 0) is 44.9 Å². The molecule has 0 rings (SSSR count). The lowest BCUT2D eigenvalue weighted by atomic mass is 10.1. The fourth-order valence-corrected chi connectivity index (χ4v) is 5.38. The Morgan fingerprint density at radius 3 is 1.39 bits per heavy atom. The van der Waals surface area contributed by atoms with Crippen LogP contribution in [0.5, 0.6) is 0 Å². The Hall–Kier alpha value is -1.36. The minimum absolute atomic E-state index is 0.0862. The van der Waals surface area contributed by atoms with E-state index in [1.165, 1.54) is 116 Å². The zero-order chi connectivity index (χ0) is 32.2. The second kappa shape index (κ2) is 36.1. The first-order chi connectivity index (χ1) is 21.6. The van der Waals surface area contributed by atoms with Crippen LogP contribution in [0.25, 0.3) is 0 Å². The molecule has 5 nitrogen and oxygen atoms in total. The summed E-state index contributed by atoms with van der Waals surface area (Å²) >= 11 is 0. The lowest BCUT2D eigenvalue weighted by Gasteiger charge is -2.18. The fraction of sp³-hybridized carbons (Fsp3) is 0.897. The number of carbonyl (C=O) groups is 2. The molecule has 44 heavy (non-hydrogen) atoms. The summed E-state index contributed by atoms with van der Waals surface area (Å²) in [7, 11) is 0. The van der Waals surface area contributed by atoms with Gasteiger partial charge in [0.25, 0.3) is 0 Å². The highest BCUT2D eigenvalue weighted by molar-refractivity contribution is 5.70. The molecule has 0 bridgehead atoms. The van der Waals surface area contributed by atoms with E-state index < -0.39 is 6.10 Å². The molecule has 1 atom stereocenters. The predicted molar refractivity (Wildman–Crippen MR) is 187 cm³/mol. The molecule has 0 aliphatic rings. The third-order valence-corrected chi connectivity index (χ3v) is 8.30. The van der Waals surface area contributed by atoms with Crippen LogP contribution < -0.4 is 0 Å². The molecule has 0 heterocycles. The molecule has 0 aliphatic heterocycles. The van der Waals surface area contributed by atoms with Gasteiger partial charge in [0.2, 0.25) is 0 Å². The van der Waals surface area contributed by atoms with Gasteiger partial charge in [-0.25, -0.2) is 0 Å². The Labute approximate surface area is 274 Å². The van der Waals surface area contributed by atoms with E-state index in [9.17, 15) is 9.59 Å². The van der Waals surface area contributed by atoms with Crippen molar-refractivity contribution < 1.29 is 23.8 Å². The monoisotopic (exact) mass is 623 g/mol. The van der Waals surface area contributed by atoms with Crippen molar-refractivity contribution in [3.8, 4) is 0 Å². The predicted octanol–water partition coefficient (Wildman–Crippen LogP) is 12.0. The average Bonchev–Trinajstić information content (AvgIpc) is 3.02. The van der Waals surface area contributed by atoms with E-state index >= 15 is 0 Å². The molecule has 260 valence electrons. The summed E-state index contributed by atoms with van der Waals surface area (Å²) in [5.41, 5.74) is 0. The van der Waals surface area contributed by atoms with Gasteiger partial charge in [-0.15, -0.1) is 0 Å². The molecule has 5 heteroatoms. The summed E-state index contributed by atoms with van der Waals surface area (Å²) in [5.74, 6) is -0.415. The van der Waals surface area contributed by atoms with Gasteiger partial charge in [-0.1, -0.05) is 155 Å². The average molecular weight is 623 g/mol. The topological polar surface area (TPSA) is 61.8 Å². The van der Waals surface area contributed by atoms with Crippen LogP contribution in [0.3, 0.4) is 0 Å². The molecular formula is C39H74O5. The molecular weight excluding hydrogens is 548 g/mol. The van der Waals surface area contributed by atoms with Crippen molar-refractivity contribution in [2.24, 2.45) is 0 Å². The maximum absolute atomic E-state index is 12.4. The van der Waals surface area contributed by atoms with Crippen LogP contribution in [0.2, 0.25) is 0 Å². The third-order valence-electron chi connectivity index (χ3n) is 8.30. The van der Waals surface area contributed by atoms with Crippen LogP contribution in [0, 0.1) is 0 Å². The minimum atomic E-state index is -0.523. The number of allylic oxidation sites excluding steroid dienone is 2. The van der Waals surface area contributed by atoms with E-state index in [1.807, 2.05) is 0 Å². The molecule has 0 fully saturated rings. The van der Waals surface area contributed by atoms with Crippen LogP contribution in [0.4, 0.5) is 0 Å². The van der Waals surface area contributed by atoms with Crippen LogP contribution in [0.15, 0.2) is 12.2 Å². The van der Waals surface area contributed by atoms with Crippen molar-refractivity contribution in [1.82, 2.24) is 0 Å². The molecule has 0 aromatic heterocycles. The number of carbonyl (C=O) groups excluding carboxylic acids is 2. The Balaban J connectivity index is 4.06. The summed E-state index contributed by atoms with van der Waals surface area (Å²) in [4.78, 5) is 24.8. The van der Waals surface area contributed by atoms with Gasteiger partial charge < -0.3 is 14.2 Å². The normalized spacial score (nSPS) is 12.2.